The van der Waals surface area contributed by atoms with Crippen molar-refractivity contribution in [3.63, 3.8) is 0 Å². The molecule has 0 unspecified atom stereocenters. The van der Waals surface area contributed by atoms with Crippen molar-refractivity contribution in [3.05, 3.63) is 29.6 Å². The minimum atomic E-state index is -0.196. The fourth-order valence-corrected chi connectivity index (χ4v) is 3.13. The summed E-state index contributed by atoms with van der Waals surface area (Å²) in [7, 11) is 0. The van der Waals surface area contributed by atoms with E-state index < -0.39 is 0 Å². The highest BCUT2D eigenvalue weighted by atomic mass is 32.1. The van der Waals surface area contributed by atoms with E-state index in [0.29, 0.717) is 17.9 Å². The molecule has 1 aliphatic carbocycles. The lowest BCUT2D eigenvalue weighted by atomic mass is 9.83. The van der Waals surface area contributed by atoms with Crippen LogP contribution in [0.15, 0.2) is 18.2 Å². The molecule has 1 nitrogen and oxygen atoms in total. The molecule has 0 heterocycles. The van der Waals surface area contributed by atoms with Crippen molar-refractivity contribution in [3.8, 4) is 5.75 Å². The van der Waals surface area contributed by atoms with Crippen LogP contribution in [-0.2, 0) is 0 Å². The number of aryl methyl sites for hydroxylation is 1. The van der Waals surface area contributed by atoms with Gasteiger partial charge in [0, 0.05) is 11.5 Å². The molecule has 0 amide bonds. The van der Waals surface area contributed by atoms with Crippen LogP contribution in [0.1, 0.15) is 44.1 Å². The number of rotatable bonds is 4. The number of thiol groups is 1. The van der Waals surface area contributed by atoms with Gasteiger partial charge >= 0.3 is 0 Å². The van der Waals surface area contributed by atoms with Crippen molar-refractivity contribution in [2.24, 2.45) is 5.41 Å². The van der Waals surface area contributed by atoms with Crippen molar-refractivity contribution >= 4 is 12.6 Å². The van der Waals surface area contributed by atoms with Crippen LogP contribution in [0.2, 0.25) is 0 Å². The standard InChI is InChI=1S/C16H23FOS/c1-13-6-7-14(10-15(13)17)18-11-16(12-19)8-4-2-3-5-9-16/h6-7,10,19H,2-5,8-9,11-12H2,1H3. The summed E-state index contributed by atoms with van der Waals surface area (Å²) in [5, 5.41) is 0. The summed E-state index contributed by atoms with van der Waals surface area (Å²) in [5.74, 6) is 1.29. The van der Waals surface area contributed by atoms with E-state index >= 15 is 0 Å². The quantitative estimate of drug-likeness (QED) is 0.617. The largest absolute Gasteiger partial charge is 0.493 e. The van der Waals surface area contributed by atoms with E-state index in [1.807, 2.05) is 6.07 Å². The highest BCUT2D eigenvalue weighted by molar-refractivity contribution is 7.80. The lowest BCUT2D eigenvalue weighted by Crippen LogP contribution is -2.30. The Kier molecular flexibility index (Phi) is 5.14. The first kappa shape index (κ1) is 14.7. The van der Waals surface area contributed by atoms with Crippen molar-refractivity contribution in [2.45, 2.75) is 45.4 Å². The van der Waals surface area contributed by atoms with Gasteiger partial charge in [-0.25, -0.2) is 4.39 Å². The molecule has 0 aromatic heterocycles. The highest BCUT2D eigenvalue weighted by Crippen LogP contribution is 2.36. The second-order valence-corrected chi connectivity index (χ2v) is 6.09. The molecule has 1 aromatic carbocycles. The summed E-state index contributed by atoms with van der Waals surface area (Å²) in [6.07, 6.45) is 7.48. The predicted octanol–water partition coefficient (Wildman–Crippen LogP) is 4.78. The predicted molar refractivity (Wildman–Crippen MR) is 80.6 cm³/mol. The smallest absolute Gasteiger partial charge is 0.129 e. The molecule has 3 heteroatoms. The number of ether oxygens (including phenoxy) is 1. The number of halogens is 1. The topological polar surface area (TPSA) is 9.23 Å². The summed E-state index contributed by atoms with van der Waals surface area (Å²) >= 11 is 4.53. The monoisotopic (exact) mass is 282 g/mol. The maximum atomic E-state index is 13.5. The lowest BCUT2D eigenvalue weighted by molar-refractivity contribution is 0.148. The van der Waals surface area contributed by atoms with E-state index in [-0.39, 0.29) is 11.2 Å². The minimum absolute atomic E-state index is 0.168. The molecular formula is C16H23FOS. The van der Waals surface area contributed by atoms with Crippen molar-refractivity contribution in [2.75, 3.05) is 12.4 Å². The molecule has 0 radical (unpaired) electrons. The van der Waals surface area contributed by atoms with Gasteiger partial charge in [0.1, 0.15) is 11.6 Å². The Morgan fingerprint density at radius 1 is 1.21 bits per heavy atom. The molecule has 1 saturated carbocycles. The zero-order valence-electron chi connectivity index (χ0n) is 11.6. The molecule has 0 aliphatic heterocycles. The van der Waals surface area contributed by atoms with Crippen LogP contribution in [0.5, 0.6) is 5.75 Å². The first-order valence-corrected chi connectivity index (χ1v) is 7.78. The SMILES string of the molecule is Cc1ccc(OCC2(CS)CCCCCC2)cc1F. The molecule has 0 N–H and O–H groups in total. The second kappa shape index (κ2) is 6.65. The van der Waals surface area contributed by atoms with Crippen molar-refractivity contribution in [1.29, 1.82) is 0 Å². The van der Waals surface area contributed by atoms with E-state index in [2.05, 4.69) is 12.6 Å². The van der Waals surface area contributed by atoms with E-state index in [4.69, 9.17) is 4.74 Å². The van der Waals surface area contributed by atoms with Crippen LogP contribution >= 0.6 is 12.6 Å². The van der Waals surface area contributed by atoms with E-state index in [0.717, 1.165) is 5.75 Å². The molecule has 1 aliphatic rings. The van der Waals surface area contributed by atoms with Crippen LogP contribution < -0.4 is 4.74 Å². The average Bonchev–Trinajstić information content (AvgIpc) is 2.66. The maximum absolute atomic E-state index is 13.5. The summed E-state index contributed by atoms with van der Waals surface area (Å²) < 4.78 is 19.3. The third-order valence-electron chi connectivity index (χ3n) is 4.19. The summed E-state index contributed by atoms with van der Waals surface area (Å²) in [6, 6.07) is 5.10. The van der Waals surface area contributed by atoms with Gasteiger partial charge in [0.25, 0.3) is 0 Å². The zero-order chi connectivity index (χ0) is 13.7. The average molecular weight is 282 g/mol. The molecular weight excluding hydrogens is 259 g/mol. The lowest BCUT2D eigenvalue weighted by Gasteiger charge is -2.31. The molecule has 0 spiro atoms. The maximum Gasteiger partial charge on any atom is 0.129 e. The summed E-state index contributed by atoms with van der Waals surface area (Å²) in [6.45, 7) is 2.42. The van der Waals surface area contributed by atoms with Gasteiger partial charge in [-0.05, 0) is 37.1 Å². The van der Waals surface area contributed by atoms with E-state index in [1.54, 1.807) is 13.0 Å². The molecule has 19 heavy (non-hydrogen) atoms. The Morgan fingerprint density at radius 2 is 1.89 bits per heavy atom. The molecule has 106 valence electrons. The Bertz CT molecular complexity index is 411. The van der Waals surface area contributed by atoms with Gasteiger partial charge in [-0.1, -0.05) is 31.7 Å². The van der Waals surface area contributed by atoms with Crippen LogP contribution in [0.3, 0.4) is 0 Å². The molecule has 1 fully saturated rings. The van der Waals surface area contributed by atoms with Crippen molar-refractivity contribution in [1.82, 2.24) is 0 Å². The fourth-order valence-electron chi connectivity index (χ4n) is 2.73. The number of hydrogen-bond acceptors (Lipinski definition) is 2. The van der Waals surface area contributed by atoms with Gasteiger partial charge in [0.05, 0.1) is 6.61 Å². The molecule has 0 saturated heterocycles. The Morgan fingerprint density at radius 3 is 2.47 bits per heavy atom. The molecule has 1 aromatic rings. The van der Waals surface area contributed by atoms with Gasteiger partial charge in [0.2, 0.25) is 0 Å². The zero-order valence-corrected chi connectivity index (χ0v) is 12.5. The Labute approximate surface area is 121 Å². The van der Waals surface area contributed by atoms with Crippen molar-refractivity contribution < 1.29 is 9.13 Å². The van der Waals surface area contributed by atoms with Crippen LogP contribution in [-0.4, -0.2) is 12.4 Å². The summed E-state index contributed by atoms with van der Waals surface area (Å²) in [4.78, 5) is 0. The normalized spacial score (nSPS) is 18.9. The first-order chi connectivity index (χ1) is 9.15. The second-order valence-electron chi connectivity index (χ2n) is 5.77. The molecule has 0 bridgehead atoms. The number of benzene rings is 1. The van der Waals surface area contributed by atoms with E-state index in [1.165, 1.54) is 44.6 Å². The van der Waals surface area contributed by atoms with E-state index in [9.17, 15) is 4.39 Å². The van der Waals surface area contributed by atoms with Gasteiger partial charge in [-0.2, -0.15) is 12.6 Å². The first-order valence-electron chi connectivity index (χ1n) is 7.15. The minimum Gasteiger partial charge on any atom is -0.493 e. The summed E-state index contributed by atoms with van der Waals surface area (Å²) in [5.41, 5.74) is 0.826. The Hall–Kier alpha value is -0.700. The van der Waals surface area contributed by atoms with Crippen LogP contribution in [0, 0.1) is 18.2 Å². The van der Waals surface area contributed by atoms with Gasteiger partial charge < -0.3 is 4.74 Å². The molecule has 0 atom stereocenters. The van der Waals surface area contributed by atoms with Gasteiger partial charge in [0.15, 0.2) is 0 Å². The Balaban J connectivity index is 2.00. The van der Waals surface area contributed by atoms with Crippen LogP contribution in [0.4, 0.5) is 4.39 Å². The van der Waals surface area contributed by atoms with Gasteiger partial charge in [-0.3, -0.25) is 0 Å². The van der Waals surface area contributed by atoms with Crippen LogP contribution in [0.25, 0.3) is 0 Å². The molecule has 2 rings (SSSR count). The highest BCUT2D eigenvalue weighted by Gasteiger charge is 2.30. The number of hydrogen-bond donors (Lipinski definition) is 1. The third-order valence-corrected chi connectivity index (χ3v) is 4.86. The van der Waals surface area contributed by atoms with Gasteiger partial charge in [-0.15, -0.1) is 0 Å². The fraction of sp³-hybridized carbons (Fsp3) is 0.625. The third kappa shape index (κ3) is 3.88.